The van der Waals surface area contributed by atoms with Crippen LogP contribution in [0.15, 0.2) is 59.8 Å². The third-order valence-corrected chi connectivity index (χ3v) is 3.32. The van der Waals surface area contributed by atoms with E-state index in [1.807, 2.05) is 24.3 Å². The van der Waals surface area contributed by atoms with Gasteiger partial charge in [-0.25, -0.2) is 0 Å². The number of hydrogen-bond acceptors (Lipinski definition) is 2. The number of halogens is 1. The van der Waals surface area contributed by atoms with Gasteiger partial charge in [0, 0.05) is 5.56 Å². The van der Waals surface area contributed by atoms with Crippen LogP contribution >= 0.6 is 11.6 Å². The fourth-order valence-corrected chi connectivity index (χ4v) is 2.44. The lowest BCUT2D eigenvalue weighted by Crippen LogP contribution is -2.49. The second kappa shape index (κ2) is 4.30. The van der Waals surface area contributed by atoms with E-state index in [1.54, 1.807) is 0 Å². The smallest absolute Gasteiger partial charge is 0.126 e. The predicted octanol–water partition coefficient (Wildman–Crippen LogP) is 2.61. The third kappa shape index (κ3) is 1.96. The fraction of sp³-hybridized carbons (Fsp3) is 0.143. The van der Waals surface area contributed by atoms with Crippen LogP contribution in [0.25, 0.3) is 5.70 Å². The van der Waals surface area contributed by atoms with Crippen molar-refractivity contribution in [3.8, 4) is 0 Å². The van der Waals surface area contributed by atoms with E-state index in [0.717, 1.165) is 11.3 Å². The van der Waals surface area contributed by atoms with Crippen molar-refractivity contribution in [2.45, 2.75) is 12.1 Å². The maximum Gasteiger partial charge on any atom is 0.126 e. The number of fused-ring (bicyclic) bond motifs is 1. The van der Waals surface area contributed by atoms with E-state index in [-0.39, 0.29) is 12.1 Å². The molecular weight excluding hydrogens is 232 g/mol. The van der Waals surface area contributed by atoms with Gasteiger partial charge >= 0.3 is 0 Å². The second-order valence-corrected chi connectivity index (χ2v) is 4.54. The highest BCUT2D eigenvalue weighted by molar-refractivity contribution is 6.32. The summed E-state index contributed by atoms with van der Waals surface area (Å²) in [5.74, 6) is 0. The van der Waals surface area contributed by atoms with E-state index in [0.29, 0.717) is 5.16 Å². The molecule has 1 aliphatic carbocycles. The normalized spacial score (nSPS) is 26.2. The molecule has 2 atom stereocenters. The average molecular weight is 245 g/mol. The zero-order chi connectivity index (χ0) is 11.7. The maximum atomic E-state index is 6.29. The van der Waals surface area contributed by atoms with Crippen LogP contribution in [0, 0.1) is 0 Å². The van der Waals surface area contributed by atoms with Crippen LogP contribution < -0.4 is 10.6 Å². The SMILES string of the molecule is ClC1=C(c2ccccc2)NC2C=CC=CC2N1. The number of allylic oxidation sites excluding steroid dienone is 2. The van der Waals surface area contributed by atoms with E-state index in [9.17, 15) is 0 Å². The Morgan fingerprint density at radius 2 is 1.53 bits per heavy atom. The first kappa shape index (κ1) is 10.5. The van der Waals surface area contributed by atoms with E-state index in [1.165, 1.54) is 0 Å². The van der Waals surface area contributed by atoms with Crippen molar-refractivity contribution in [2.24, 2.45) is 0 Å². The standard InChI is InChI=1S/C14H13ClN2/c15-14-13(10-6-2-1-3-7-10)16-11-8-4-5-9-12(11)17-14/h1-9,11-12,16-17H. The Bertz CT molecular complexity index is 502. The van der Waals surface area contributed by atoms with Crippen LogP contribution in [-0.4, -0.2) is 12.1 Å². The van der Waals surface area contributed by atoms with Crippen molar-refractivity contribution in [1.29, 1.82) is 0 Å². The molecule has 0 amide bonds. The van der Waals surface area contributed by atoms with Gasteiger partial charge in [-0.2, -0.15) is 0 Å². The molecule has 17 heavy (non-hydrogen) atoms. The van der Waals surface area contributed by atoms with Gasteiger partial charge in [0.25, 0.3) is 0 Å². The molecule has 1 aliphatic heterocycles. The molecule has 86 valence electrons. The molecule has 1 aromatic carbocycles. The molecule has 0 fully saturated rings. The van der Waals surface area contributed by atoms with E-state index in [4.69, 9.17) is 11.6 Å². The fourth-order valence-electron chi connectivity index (χ4n) is 2.15. The maximum absolute atomic E-state index is 6.29. The lowest BCUT2D eigenvalue weighted by atomic mass is 9.99. The van der Waals surface area contributed by atoms with E-state index in [2.05, 4.69) is 41.0 Å². The van der Waals surface area contributed by atoms with Crippen LogP contribution in [0.3, 0.4) is 0 Å². The van der Waals surface area contributed by atoms with Crippen LogP contribution in [0.4, 0.5) is 0 Å². The van der Waals surface area contributed by atoms with Crippen LogP contribution in [-0.2, 0) is 0 Å². The first-order valence-electron chi connectivity index (χ1n) is 5.68. The first-order valence-corrected chi connectivity index (χ1v) is 6.05. The Kier molecular flexibility index (Phi) is 2.65. The number of rotatable bonds is 1. The summed E-state index contributed by atoms with van der Waals surface area (Å²) in [5, 5.41) is 7.46. The summed E-state index contributed by atoms with van der Waals surface area (Å²) in [6.07, 6.45) is 8.34. The third-order valence-electron chi connectivity index (χ3n) is 3.02. The topological polar surface area (TPSA) is 24.1 Å². The molecule has 2 N–H and O–H groups in total. The van der Waals surface area contributed by atoms with E-state index >= 15 is 0 Å². The van der Waals surface area contributed by atoms with Gasteiger partial charge in [-0.15, -0.1) is 0 Å². The minimum atomic E-state index is 0.236. The summed E-state index contributed by atoms with van der Waals surface area (Å²) in [7, 11) is 0. The molecule has 0 saturated heterocycles. The summed E-state index contributed by atoms with van der Waals surface area (Å²) in [6.45, 7) is 0. The molecule has 0 radical (unpaired) electrons. The van der Waals surface area contributed by atoms with Gasteiger partial charge in [0.2, 0.25) is 0 Å². The summed E-state index contributed by atoms with van der Waals surface area (Å²) in [4.78, 5) is 0. The molecule has 1 aromatic rings. The summed E-state index contributed by atoms with van der Waals surface area (Å²) >= 11 is 6.29. The Morgan fingerprint density at radius 1 is 0.882 bits per heavy atom. The van der Waals surface area contributed by atoms with Crippen molar-refractivity contribution in [3.05, 3.63) is 65.4 Å². The first-order chi connectivity index (χ1) is 8.34. The van der Waals surface area contributed by atoms with Gasteiger partial charge in [-0.1, -0.05) is 66.2 Å². The molecule has 2 unspecified atom stereocenters. The molecule has 3 heteroatoms. The predicted molar refractivity (Wildman–Crippen MR) is 71.3 cm³/mol. The highest BCUT2D eigenvalue weighted by Crippen LogP contribution is 2.24. The minimum absolute atomic E-state index is 0.236. The summed E-state index contributed by atoms with van der Waals surface area (Å²) in [6, 6.07) is 10.6. The Labute approximate surface area is 106 Å². The molecule has 0 spiro atoms. The van der Waals surface area contributed by atoms with Gasteiger partial charge < -0.3 is 10.6 Å². The number of hydrogen-bond donors (Lipinski definition) is 2. The molecule has 0 saturated carbocycles. The zero-order valence-corrected chi connectivity index (χ0v) is 9.98. The highest BCUT2D eigenvalue weighted by Gasteiger charge is 2.26. The van der Waals surface area contributed by atoms with Gasteiger partial charge in [0.15, 0.2) is 0 Å². The van der Waals surface area contributed by atoms with E-state index < -0.39 is 0 Å². The van der Waals surface area contributed by atoms with Crippen LogP contribution in [0.5, 0.6) is 0 Å². The summed E-state index contributed by atoms with van der Waals surface area (Å²) < 4.78 is 0. The van der Waals surface area contributed by atoms with Gasteiger partial charge in [0.1, 0.15) is 5.16 Å². The number of nitrogens with one attached hydrogen (secondary N) is 2. The van der Waals surface area contributed by atoms with Crippen molar-refractivity contribution in [2.75, 3.05) is 0 Å². The Balaban J connectivity index is 1.95. The second-order valence-electron chi connectivity index (χ2n) is 4.17. The van der Waals surface area contributed by atoms with Crippen molar-refractivity contribution >= 4 is 17.3 Å². The Hall–Kier alpha value is -1.67. The van der Waals surface area contributed by atoms with Crippen LogP contribution in [0.2, 0.25) is 0 Å². The average Bonchev–Trinajstić information content (AvgIpc) is 2.39. The van der Waals surface area contributed by atoms with Crippen molar-refractivity contribution in [3.63, 3.8) is 0 Å². The van der Waals surface area contributed by atoms with Crippen molar-refractivity contribution in [1.82, 2.24) is 10.6 Å². The van der Waals surface area contributed by atoms with Gasteiger partial charge in [0.05, 0.1) is 17.8 Å². The molecule has 0 aromatic heterocycles. The lowest BCUT2D eigenvalue weighted by Gasteiger charge is -2.34. The summed E-state index contributed by atoms with van der Waals surface area (Å²) in [5.41, 5.74) is 2.07. The van der Waals surface area contributed by atoms with Gasteiger partial charge in [-0.3, -0.25) is 0 Å². The largest absolute Gasteiger partial charge is 0.374 e. The monoisotopic (exact) mass is 244 g/mol. The number of benzene rings is 1. The molecule has 2 nitrogen and oxygen atoms in total. The molecule has 0 bridgehead atoms. The van der Waals surface area contributed by atoms with Crippen LogP contribution in [0.1, 0.15) is 5.56 Å². The highest BCUT2D eigenvalue weighted by atomic mass is 35.5. The quantitative estimate of drug-likeness (QED) is 0.742. The minimum Gasteiger partial charge on any atom is -0.374 e. The van der Waals surface area contributed by atoms with Gasteiger partial charge in [-0.05, 0) is 0 Å². The molecular formula is C14H13ClN2. The Morgan fingerprint density at radius 3 is 2.24 bits per heavy atom. The molecule has 1 heterocycles. The zero-order valence-electron chi connectivity index (χ0n) is 9.23. The molecule has 3 rings (SSSR count). The lowest BCUT2D eigenvalue weighted by molar-refractivity contribution is 0.538. The molecule has 2 aliphatic rings. The van der Waals surface area contributed by atoms with Crippen molar-refractivity contribution < 1.29 is 0 Å².